The first kappa shape index (κ1) is 13.6. The monoisotopic (exact) mass is 270 g/mol. The van der Waals surface area contributed by atoms with Crippen LogP contribution in [0.4, 0.5) is 13.2 Å². The second-order valence-electron chi connectivity index (χ2n) is 4.10. The number of hydrogen-bond donors (Lipinski definition) is 1. The molecule has 0 spiro atoms. The number of rotatable bonds is 4. The number of aromatic nitrogens is 1. The molecular formula is C13H13F3N2O. The molecule has 0 bridgehead atoms. The van der Waals surface area contributed by atoms with Gasteiger partial charge in [-0.05, 0) is 31.2 Å². The van der Waals surface area contributed by atoms with E-state index in [1.165, 1.54) is 18.3 Å². The first-order chi connectivity index (χ1) is 9.00. The summed E-state index contributed by atoms with van der Waals surface area (Å²) in [7, 11) is 0. The number of nitrogens with two attached hydrogens (primary N) is 1. The minimum Gasteiger partial charge on any atom is -0.441 e. The van der Waals surface area contributed by atoms with Crippen LogP contribution in [0.15, 0.2) is 34.9 Å². The van der Waals surface area contributed by atoms with Crippen molar-refractivity contribution in [2.45, 2.75) is 19.0 Å². The summed E-state index contributed by atoms with van der Waals surface area (Å²) < 4.78 is 43.2. The number of halogens is 3. The maximum absolute atomic E-state index is 12.6. The van der Waals surface area contributed by atoms with E-state index in [0.29, 0.717) is 24.3 Å². The number of oxazole rings is 1. The topological polar surface area (TPSA) is 52.0 Å². The SMILES string of the molecule is NCCCc1cnc(-c2cccc(C(F)(F)F)c2)o1. The Morgan fingerprint density at radius 1 is 1.26 bits per heavy atom. The Morgan fingerprint density at radius 3 is 2.74 bits per heavy atom. The molecule has 0 unspecified atom stereocenters. The Bertz CT molecular complexity index is 549. The highest BCUT2D eigenvalue weighted by atomic mass is 19.4. The molecule has 0 radical (unpaired) electrons. The van der Waals surface area contributed by atoms with Gasteiger partial charge in [0.2, 0.25) is 5.89 Å². The third kappa shape index (κ3) is 3.35. The van der Waals surface area contributed by atoms with Crippen molar-refractivity contribution < 1.29 is 17.6 Å². The molecule has 1 heterocycles. The lowest BCUT2D eigenvalue weighted by Crippen LogP contribution is -2.04. The summed E-state index contributed by atoms with van der Waals surface area (Å²) in [6, 6.07) is 4.91. The van der Waals surface area contributed by atoms with E-state index in [-0.39, 0.29) is 5.89 Å². The summed E-state index contributed by atoms with van der Waals surface area (Å²) in [6.07, 6.45) is -1.48. The third-order valence-electron chi connectivity index (χ3n) is 2.62. The van der Waals surface area contributed by atoms with Gasteiger partial charge in [0, 0.05) is 12.0 Å². The van der Waals surface area contributed by atoms with Gasteiger partial charge in [-0.25, -0.2) is 4.98 Å². The molecule has 1 aromatic heterocycles. The van der Waals surface area contributed by atoms with E-state index in [2.05, 4.69) is 4.98 Å². The molecule has 2 N–H and O–H groups in total. The van der Waals surface area contributed by atoms with E-state index in [4.69, 9.17) is 10.2 Å². The molecule has 3 nitrogen and oxygen atoms in total. The molecule has 0 fully saturated rings. The molecule has 0 amide bonds. The summed E-state index contributed by atoms with van der Waals surface area (Å²) in [5.74, 6) is 0.816. The zero-order valence-electron chi connectivity index (χ0n) is 10.1. The Morgan fingerprint density at radius 2 is 2.05 bits per heavy atom. The lowest BCUT2D eigenvalue weighted by atomic mass is 10.1. The number of alkyl halides is 3. The standard InChI is InChI=1S/C13H13F3N2O/c14-13(15,16)10-4-1-3-9(7-10)12-18-8-11(19-12)5-2-6-17/h1,3-4,7-8H,2,5-6,17H2. The van der Waals surface area contributed by atoms with Gasteiger partial charge in [0.05, 0.1) is 11.8 Å². The minimum atomic E-state index is -4.37. The summed E-state index contributed by atoms with van der Waals surface area (Å²) in [4.78, 5) is 3.99. The van der Waals surface area contributed by atoms with Crippen LogP contribution in [0.1, 0.15) is 17.7 Å². The summed E-state index contributed by atoms with van der Waals surface area (Å²) in [5, 5.41) is 0. The molecule has 0 atom stereocenters. The Kier molecular flexibility index (Phi) is 3.90. The first-order valence-electron chi connectivity index (χ1n) is 5.83. The number of hydrogen-bond acceptors (Lipinski definition) is 3. The van der Waals surface area contributed by atoms with Crippen molar-refractivity contribution in [1.82, 2.24) is 4.98 Å². The van der Waals surface area contributed by atoms with Gasteiger partial charge in [-0.1, -0.05) is 6.07 Å². The molecular weight excluding hydrogens is 257 g/mol. The molecule has 2 aromatic rings. The fourth-order valence-corrected chi connectivity index (χ4v) is 1.66. The van der Waals surface area contributed by atoms with Crippen LogP contribution in [0, 0.1) is 0 Å². The highest BCUT2D eigenvalue weighted by Gasteiger charge is 2.30. The van der Waals surface area contributed by atoms with Crippen molar-refractivity contribution in [3.63, 3.8) is 0 Å². The van der Waals surface area contributed by atoms with Crippen LogP contribution in [0.2, 0.25) is 0 Å². The third-order valence-corrected chi connectivity index (χ3v) is 2.62. The lowest BCUT2D eigenvalue weighted by molar-refractivity contribution is -0.137. The largest absolute Gasteiger partial charge is 0.441 e. The Balaban J connectivity index is 2.24. The smallest absolute Gasteiger partial charge is 0.416 e. The van der Waals surface area contributed by atoms with Gasteiger partial charge < -0.3 is 10.2 Å². The second kappa shape index (κ2) is 5.44. The Hall–Kier alpha value is -1.82. The van der Waals surface area contributed by atoms with E-state index in [9.17, 15) is 13.2 Å². The van der Waals surface area contributed by atoms with Gasteiger partial charge in [-0.2, -0.15) is 13.2 Å². The molecule has 0 aliphatic rings. The predicted molar refractivity (Wildman–Crippen MR) is 64.3 cm³/mol. The number of nitrogens with zero attached hydrogens (tertiary/aromatic N) is 1. The number of aryl methyl sites for hydroxylation is 1. The maximum atomic E-state index is 12.6. The fourth-order valence-electron chi connectivity index (χ4n) is 1.66. The number of benzene rings is 1. The molecule has 0 aliphatic heterocycles. The zero-order chi connectivity index (χ0) is 13.9. The van der Waals surface area contributed by atoms with Crippen LogP contribution in [0.5, 0.6) is 0 Å². The molecule has 19 heavy (non-hydrogen) atoms. The van der Waals surface area contributed by atoms with Gasteiger partial charge >= 0.3 is 6.18 Å². The highest BCUT2D eigenvalue weighted by Crippen LogP contribution is 2.32. The minimum absolute atomic E-state index is 0.193. The molecule has 2 rings (SSSR count). The van der Waals surface area contributed by atoms with Gasteiger partial charge in [0.1, 0.15) is 5.76 Å². The van der Waals surface area contributed by atoms with E-state index >= 15 is 0 Å². The predicted octanol–water partition coefficient (Wildman–Crippen LogP) is 3.25. The summed E-state index contributed by atoms with van der Waals surface area (Å²) in [5.41, 5.74) is 4.97. The molecule has 0 saturated carbocycles. The summed E-state index contributed by atoms with van der Waals surface area (Å²) >= 11 is 0. The van der Waals surface area contributed by atoms with Crippen LogP contribution in [0.25, 0.3) is 11.5 Å². The van der Waals surface area contributed by atoms with Gasteiger partial charge in [-0.3, -0.25) is 0 Å². The van der Waals surface area contributed by atoms with Gasteiger partial charge in [0.15, 0.2) is 0 Å². The van der Waals surface area contributed by atoms with Crippen molar-refractivity contribution in [2.24, 2.45) is 5.73 Å². The molecule has 0 saturated heterocycles. The van der Waals surface area contributed by atoms with Crippen LogP contribution in [-0.4, -0.2) is 11.5 Å². The summed E-state index contributed by atoms with van der Waals surface area (Å²) in [6.45, 7) is 0.527. The van der Waals surface area contributed by atoms with Crippen molar-refractivity contribution in [3.8, 4) is 11.5 Å². The van der Waals surface area contributed by atoms with Crippen molar-refractivity contribution >= 4 is 0 Å². The van der Waals surface area contributed by atoms with E-state index in [0.717, 1.165) is 18.6 Å². The van der Waals surface area contributed by atoms with Gasteiger partial charge in [0.25, 0.3) is 0 Å². The Labute approximate surface area is 108 Å². The van der Waals surface area contributed by atoms with Crippen molar-refractivity contribution in [2.75, 3.05) is 6.54 Å². The quantitative estimate of drug-likeness (QED) is 0.927. The average Bonchev–Trinajstić information content (AvgIpc) is 2.84. The first-order valence-corrected chi connectivity index (χ1v) is 5.83. The highest BCUT2D eigenvalue weighted by molar-refractivity contribution is 5.54. The molecule has 102 valence electrons. The van der Waals surface area contributed by atoms with Crippen LogP contribution in [0.3, 0.4) is 0 Å². The van der Waals surface area contributed by atoms with Crippen LogP contribution >= 0.6 is 0 Å². The van der Waals surface area contributed by atoms with Crippen LogP contribution < -0.4 is 5.73 Å². The second-order valence-corrected chi connectivity index (χ2v) is 4.10. The van der Waals surface area contributed by atoms with Crippen LogP contribution in [-0.2, 0) is 12.6 Å². The fraction of sp³-hybridized carbons (Fsp3) is 0.308. The molecule has 1 aromatic carbocycles. The van der Waals surface area contributed by atoms with Crippen molar-refractivity contribution in [3.05, 3.63) is 41.8 Å². The molecule has 6 heteroatoms. The van der Waals surface area contributed by atoms with E-state index in [1.807, 2.05) is 0 Å². The average molecular weight is 270 g/mol. The molecule has 0 aliphatic carbocycles. The lowest BCUT2D eigenvalue weighted by Gasteiger charge is -2.06. The zero-order valence-corrected chi connectivity index (χ0v) is 10.1. The van der Waals surface area contributed by atoms with E-state index < -0.39 is 11.7 Å². The normalized spacial score (nSPS) is 11.8. The van der Waals surface area contributed by atoms with Crippen molar-refractivity contribution in [1.29, 1.82) is 0 Å². The van der Waals surface area contributed by atoms with Gasteiger partial charge in [-0.15, -0.1) is 0 Å². The van der Waals surface area contributed by atoms with E-state index in [1.54, 1.807) is 0 Å². The maximum Gasteiger partial charge on any atom is 0.416 e.